The van der Waals surface area contributed by atoms with Crippen molar-refractivity contribution in [2.75, 3.05) is 0 Å². The molecule has 0 saturated heterocycles. The van der Waals surface area contributed by atoms with Gasteiger partial charge in [0.15, 0.2) is 0 Å². The third-order valence-electron chi connectivity index (χ3n) is 0.434. The zero-order valence-electron chi connectivity index (χ0n) is 4.19. The van der Waals surface area contributed by atoms with Crippen molar-refractivity contribution in [3.8, 4) is 11.8 Å². The highest BCUT2D eigenvalue weighted by Crippen LogP contribution is 1.64. The Hall–Kier alpha value is -1.03. The van der Waals surface area contributed by atoms with Gasteiger partial charge in [-0.2, -0.15) is 0 Å². The maximum atomic E-state index is 10.1. The van der Waals surface area contributed by atoms with Crippen LogP contribution in [0.25, 0.3) is 0 Å². The summed E-state index contributed by atoms with van der Waals surface area (Å²) in [4.78, 5) is 10.1. The van der Waals surface area contributed by atoms with Gasteiger partial charge in [-0.05, 0) is 18.9 Å². The topological polar surface area (TPSA) is 17.1 Å². The summed E-state index contributed by atoms with van der Waals surface area (Å²) in [7, 11) is 0. The Kier molecular flexibility index (Phi) is 2.70. The summed E-state index contributed by atoms with van der Waals surface area (Å²) in [6.45, 7) is 4.84. The molecule has 7 heavy (non-hydrogen) atoms. The van der Waals surface area contributed by atoms with Crippen LogP contribution in [0.1, 0.15) is 6.92 Å². The van der Waals surface area contributed by atoms with E-state index in [1.165, 1.54) is 6.08 Å². The SMILES string of the molecule is C=CC(=O)C#CC. The molecule has 0 fully saturated rings. The molecule has 0 aliphatic heterocycles. The molecule has 0 bridgehead atoms. The van der Waals surface area contributed by atoms with Crippen LogP contribution < -0.4 is 0 Å². The van der Waals surface area contributed by atoms with Crippen LogP contribution >= 0.6 is 0 Å². The first-order valence-corrected chi connectivity index (χ1v) is 1.90. The molecule has 0 heterocycles. The first-order chi connectivity index (χ1) is 3.31. The van der Waals surface area contributed by atoms with Gasteiger partial charge in [-0.3, -0.25) is 4.79 Å². The van der Waals surface area contributed by atoms with Crippen LogP contribution in [0, 0.1) is 11.8 Å². The number of allylic oxidation sites excluding steroid dienone is 1. The van der Waals surface area contributed by atoms with Gasteiger partial charge < -0.3 is 0 Å². The number of rotatable bonds is 1. The number of hydrogen-bond acceptors (Lipinski definition) is 1. The second-order valence-corrected chi connectivity index (χ2v) is 0.943. The van der Waals surface area contributed by atoms with Gasteiger partial charge in [0.1, 0.15) is 0 Å². The number of hydrogen-bond donors (Lipinski definition) is 0. The first-order valence-electron chi connectivity index (χ1n) is 1.90. The fraction of sp³-hybridized carbons (Fsp3) is 0.167. The van der Waals surface area contributed by atoms with E-state index in [1.54, 1.807) is 6.92 Å². The van der Waals surface area contributed by atoms with E-state index in [-0.39, 0.29) is 5.78 Å². The average molecular weight is 94.1 g/mol. The Balaban J connectivity index is 3.74. The van der Waals surface area contributed by atoms with Gasteiger partial charge in [0, 0.05) is 0 Å². The largest absolute Gasteiger partial charge is 0.280 e. The minimum atomic E-state index is -0.220. The molecule has 1 heteroatoms. The lowest BCUT2D eigenvalue weighted by atomic mass is 10.4. The summed E-state index contributed by atoms with van der Waals surface area (Å²) >= 11 is 0. The highest BCUT2D eigenvalue weighted by molar-refractivity contribution is 6.03. The average Bonchev–Trinajstić information content (AvgIpc) is 1.68. The monoisotopic (exact) mass is 94.0 g/mol. The Morgan fingerprint density at radius 1 is 1.86 bits per heavy atom. The molecule has 0 aliphatic rings. The van der Waals surface area contributed by atoms with Gasteiger partial charge in [-0.1, -0.05) is 12.5 Å². The minimum Gasteiger partial charge on any atom is -0.280 e. The van der Waals surface area contributed by atoms with Gasteiger partial charge in [0.05, 0.1) is 0 Å². The van der Waals surface area contributed by atoms with E-state index in [0.717, 1.165) is 0 Å². The quantitative estimate of drug-likeness (QED) is 0.266. The van der Waals surface area contributed by atoms with Gasteiger partial charge >= 0.3 is 0 Å². The molecule has 0 aromatic rings. The van der Waals surface area contributed by atoms with E-state index in [9.17, 15) is 4.79 Å². The second-order valence-electron chi connectivity index (χ2n) is 0.943. The van der Waals surface area contributed by atoms with Crippen LogP contribution in [0.3, 0.4) is 0 Å². The van der Waals surface area contributed by atoms with Crippen LogP contribution in [0.15, 0.2) is 12.7 Å². The predicted molar refractivity (Wildman–Crippen MR) is 28.7 cm³/mol. The smallest absolute Gasteiger partial charge is 0.228 e. The van der Waals surface area contributed by atoms with Crippen LogP contribution in [-0.4, -0.2) is 5.78 Å². The molecular weight excluding hydrogens is 88.1 g/mol. The number of carbonyl (C=O) groups excluding carboxylic acids is 1. The fourth-order valence-electron chi connectivity index (χ4n) is 0.174. The highest BCUT2D eigenvalue weighted by Gasteiger charge is 1.78. The van der Waals surface area contributed by atoms with E-state index >= 15 is 0 Å². The molecule has 0 saturated carbocycles. The molecule has 0 aromatic heterocycles. The van der Waals surface area contributed by atoms with Crippen LogP contribution in [0.2, 0.25) is 0 Å². The van der Waals surface area contributed by atoms with Gasteiger partial charge in [0.25, 0.3) is 0 Å². The predicted octanol–water partition coefficient (Wildman–Crippen LogP) is 0.765. The Morgan fingerprint density at radius 2 is 2.43 bits per heavy atom. The normalized spacial score (nSPS) is 5.86. The zero-order chi connectivity index (χ0) is 5.70. The van der Waals surface area contributed by atoms with Gasteiger partial charge in [-0.25, -0.2) is 0 Å². The van der Waals surface area contributed by atoms with Crippen molar-refractivity contribution in [1.29, 1.82) is 0 Å². The summed E-state index contributed by atoms with van der Waals surface area (Å²) in [6, 6.07) is 0. The van der Waals surface area contributed by atoms with Crippen LogP contribution in [0.4, 0.5) is 0 Å². The summed E-state index contributed by atoms with van der Waals surface area (Å²) in [5.74, 6) is 4.52. The third kappa shape index (κ3) is 2.78. The van der Waals surface area contributed by atoms with E-state index < -0.39 is 0 Å². The molecule has 0 aliphatic carbocycles. The van der Waals surface area contributed by atoms with E-state index in [4.69, 9.17) is 0 Å². The summed E-state index contributed by atoms with van der Waals surface area (Å²) in [5.41, 5.74) is 0. The van der Waals surface area contributed by atoms with Gasteiger partial charge in [0.2, 0.25) is 5.78 Å². The maximum absolute atomic E-state index is 10.1. The molecular formula is C6H6O. The Labute approximate surface area is 43.0 Å². The standard InChI is InChI=1S/C6H6O/c1-3-5-6(7)4-2/h4H,2H2,1H3. The Bertz CT molecular complexity index is 134. The number of ketones is 1. The zero-order valence-corrected chi connectivity index (χ0v) is 4.19. The third-order valence-corrected chi connectivity index (χ3v) is 0.434. The van der Waals surface area contributed by atoms with Crippen molar-refractivity contribution >= 4 is 5.78 Å². The molecule has 0 unspecified atom stereocenters. The maximum Gasteiger partial charge on any atom is 0.228 e. The molecule has 0 N–H and O–H groups in total. The lowest BCUT2D eigenvalue weighted by Gasteiger charge is -1.66. The van der Waals surface area contributed by atoms with Crippen molar-refractivity contribution in [2.24, 2.45) is 0 Å². The Morgan fingerprint density at radius 3 is 2.57 bits per heavy atom. The van der Waals surface area contributed by atoms with Crippen molar-refractivity contribution in [3.05, 3.63) is 12.7 Å². The second kappa shape index (κ2) is 3.17. The molecule has 36 valence electrons. The summed E-state index contributed by atoms with van der Waals surface area (Å²) in [5, 5.41) is 0. The summed E-state index contributed by atoms with van der Waals surface area (Å²) < 4.78 is 0. The van der Waals surface area contributed by atoms with Crippen molar-refractivity contribution < 1.29 is 4.79 Å². The molecule has 0 amide bonds. The molecule has 0 aromatic carbocycles. The number of carbonyl (C=O) groups is 1. The lowest BCUT2D eigenvalue weighted by molar-refractivity contribution is -0.109. The fourth-order valence-corrected chi connectivity index (χ4v) is 0.174. The van der Waals surface area contributed by atoms with Crippen LogP contribution in [-0.2, 0) is 4.79 Å². The lowest BCUT2D eigenvalue weighted by Crippen LogP contribution is -1.81. The van der Waals surface area contributed by atoms with Gasteiger partial charge in [-0.15, -0.1) is 0 Å². The highest BCUT2D eigenvalue weighted by atomic mass is 16.1. The van der Waals surface area contributed by atoms with Crippen LogP contribution in [0.5, 0.6) is 0 Å². The summed E-state index contributed by atoms with van der Waals surface area (Å²) in [6.07, 6.45) is 1.19. The molecule has 0 rings (SSSR count). The van der Waals surface area contributed by atoms with Crippen molar-refractivity contribution in [1.82, 2.24) is 0 Å². The van der Waals surface area contributed by atoms with E-state index in [0.29, 0.717) is 0 Å². The first kappa shape index (κ1) is 5.97. The van der Waals surface area contributed by atoms with Crippen molar-refractivity contribution in [2.45, 2.75) is 6.92 Å². The minimum absolute atomic E-state index is 0.220. The van der Waals surface area contributed by atoms with E-state index in [1.807, 2.05) is 0 Å². The molecule has 0 atom stereocenters. The molecule has 0 radical (unpaired) electrons. The molecule has 0 spiro atoms. The molecule has 1 nitrogen and oxygen atoms in total. The van der Waals surface area contributed by atoms with E-state index in [2.05, 4.69) is 18.4 Å². The van der Waals surface area contributed by atoms with Crippen molar-refractivity contribution in [3.63, 3.8) is 0 Å².